The molecule has 4 nitrogen and oxygen atoms in total. The van der Waals surface area contributed by atoms with Gasteiger partial charge in [0, 0.05) is 12.6 Å². The topological polar surface area (TPSA) is 72.7 Å². The number of phenols is 3. The van der Waals surface area contributed by atoms with Crippen LogP contribution in [0.4, 0.5) is 0 Å². The summed E-state index contributed by atoms with van der Waals surface area (Å²) in [6.45, 7) is 0.648. The first kappa shape index (κ1) is 11.9. The Kier molecular flexibility index (Phi) is 2.80. The molecule has 0 spiro atoms. The van der Waals surface area contributed by atoms with Crippen molar-refractivity contribution in [3.8, 4) is 17.2 Å². The molecule has 98 valence electrons. The number of fused-ring (bicyclic) bond motifs is 1. The van der Waals surface area contributed by atoms with Gasteiger partial charge in [0.05, 0.1) is 0 Å². The van der Waals surface area contributed by atoms with E-state index in [-0.39, 0.29) is 23.3 Å². The van der Waals surface area contributed by atoms with Crippen molar-refractivity contribution in [3.05, 3.63) is 53.1 Å². The minimum atomic E-state index is -0.0800. The van der Waals surface area contributed by atoms with Crippen LogP contribution < -0.4 is 5.32 Å². The molecule has 1 atom stereocenters. The number of nitrogens with one attached hydrogen (secondary N) is 1. The summed E-state index contributed by atoms with van der Waals surface area (Å²) in [7, 11) is 0. The number of benzene rings is 2. The molecular formula is C15H15NO3. The lowest BCUT2D eigenvalue weighted by Gasteiger charge is -2.27. The van der Waals surface area contributed by atoms with Crippen molar-refractivity contribution in [2.45, 2.75) is 19.0 Å². The van der Waals surface area contributed by atoms with Crippen LogP contribution in [-0.4, -0.2) is 15.3 Å². The average molecular weight is 257 g/mol. The largest absolute Gasteiger partial charge is 0.508 e. The van der Waals surface area contributed by atoms with E-state index in [1.807, 2.05) is 12.1 Å². The normalized spacial score (nSPS) is 18.0. The van der Waals surface area contributed by atoms with E-state index < -0.39 is 0 Å². The summed E-state index contributed by atoms with van der Waals surface area (Å²) in [5.41, 5.74) is 3.13. The Morgan fingerprint density at radius 1 is 0.895 bits per heavy atom. The molecule has 0 saturated carbocycles. The Labute approximate surface area is 111 Å². The fourth-order valence-electron chi connectivity index (χ4n) is 2.49. The third-order valence-corrected chi connectivity index (χ3v) is 3.56. The molecule has 0 radical (unpaired) electrons. The van der Waals surface area contributed by atoms with Crippen LogP contribution in [0, 0.1) is 0 Å². The lowest BCUT2D eigenvalue weighted by atomic mass is 9.91. The zero-order chi connectivity index (χ0) is 13.4. The van der Waals surface area contributed by atoms with Crippen molar-refractivity contribution < 1.29 is 15.3 Å². The molecular weight excluding hydrogens is 242 g/mol. The first-order valence-corrected chi connectivity index (χ1v) is 6.19. The van der Waals surface area contributed by atoms with E-state index >= 15 is 0 Å². The van der Waals surface area contributed by atoms with E-state index in [1.54, 1.807) is 24.3 Å². The molecule has 0 bridgehead atoms. The van der Waals surface area contributed by atoms with Gasteiger partial charge in [0.15, 0.2) is 11.5 Å². The third-order valence-electron chi connectivity index (χ3n) is 3.56. The Morgan fingerprint density at radius 2 is 1.53 bits per heavy atom. The Hall–Kier alpha value is -2.20. The number of hydrogen-bond donors (Lipinski definition) is 4. The molecule has 0 saturated heterocycles. The van der Waals surface area contributed by atoms with Crippen molar-refractivity contribution in [1.29, 1.82) is 0 Å². The standard InChI is InChI=1S/C15H15NO3/c17-12-3-1-9(2-4-12)13-5-10-6-14(18)15(19)7-11(10)8-16-13/h1-4,6-7,13,16-19H,5,8H2. The van der Waals surface area contributed by atoms with E-state index in [0.29, 0.717) is 6.54 Å². The summed E-state index contributed by atoms with van der Waals surface area (Å²) >= 11 is 0. The maximum Gasteiger partial charge on any atom is 0.157 e. The first-order chi connectivity index (χ1) is 9.13. The second-order valence-electron chi connectivity index (χ2n) is 4.84. The van der Waals surface area contributed by atoms with Crippen LogP contribution in [-0.2, 0) is 13.0 Å². The van der Waals surface area contributed by atoms with E-state index in [4.69, 9.17) is 0 Å². The zero-order valence-corrected chi connectivity index (χ0v) is 10.3. The van der Waals surface area contributed by atoms with E-state index in [0.717, 1.165) is 23.1 Å². The fraction of sp³-hybridized carbons (Fsp3) is 0.200. The van der Waals surface area contributed by atoms with Crippen LogP contribution in [0.15, 0.2) is 36.4 Å². The van der Waals surface area contributed by atoms with Crippen molar-refractivity contribution in [1.82, 2.24) is 5.32 Å². The van der Waals surface area contributed by atoms with Crippen molar-refractivity contribution >= 4 is 0 Å². The number of phenolic OH excluding ortho intramolecular Hbond substituents is 3. The maximum absolute atomic E-state index is 9.57. The van der Waals surface area contributed by atoms with Crippen molar-refractivity contribution in [2.24, 2.45) is 0 Å². The monoisotopic (exact) mass is 257 g/mol. The van der Waals surface area contributed by atoms with Crippen molar-refractivity contribution in [3.63, 3.8) is 0 Å². The molecule has 19 heavy (non-hydrogen) atoms. The first-order valence-electron chi connectivity index (χ1n) is 6.19. The minimum Gasteiger partial charge on any atom is -0.508 e. The molecule has 3 rings (SSSR count). The van der Waals surface area contributed by atoms with Gasteiger partial charge < -0.3 is 20.6 Å². The van der Waals surface area contributed by atoms with Gasteiger partial charge in [-0.1, -0.05) is 12.1 Å². The average Bonchev–Trinajstić information content (AvgIpc) is 2.40. The van der Waals surface area contributed by atoms with Crippen LogP contribution in [0.5, 0.6) is 17.2 Å². The molecule has 0 amide bonds. The van der Waals surface area contributed by atoms with Gasteiger partial charge in [0.2, 0.25) is 0 Å². The van der Waals surface area contributed by atoms with Gasteiger partial charge >= 0.3 is 0 Å². The number of hydrogen-bond acceptors (Lipinski definition) is 4. The molecule has 0 fully saturated rings. The van der Waals surface area contributed by atoms with Gasteiger partial charge in [0.25, 0.3) is 0 Å². The zero-order valence-electron chi connectivity index (χ0n) is 10.3. The maximum atomic E-state index is 9.57. The van der Waals surface area contributed by atoms with Crippen LogP contribution in [0.25, 0.3) is 0 Å². The van der Waals surface area contributed by atoms with Crippen molar-refractivity contribution in [2.75, 3.05) is 0 Å². The highest BCUT2D eigenvalue weighted by atomic mass is 16.3. The summed E-state index contributed by atoms with van der Waals surface area (Å²) in [6, 6.07) is 10.5. The smallest absolute Gasteiger partial charge is 0.157 e. The molecule has 0 aromatic heterocycles. The lowest BCUT2D eigenvalue weighted by molar-refractivity contribution is 0.399. The highest BCUT2D eigenvalue weighted by molar-refractivity contribution is 5.47. The van der Waals surface area contributed by atoms with Crippen LogP contribution in [0.2, 0.25) is 0 Å². The summed E-state index contributed by atoms with van der Waals surface area (Å²) in [5, 5.41) is 31.7. The van der Waals surface area contributed by atoms with Gasteiger partial charge in [-0.3, -0.25) is 0 Å². The molecule has 4 heteroatoms. The van der Waals surface area contributed by atoms with Gasteiger partial charge in [-0.15, -0.1) is 0 Å². The molecule has 1 heterocycles. The SMILES string of the molecule is Oc1ccc(C2Cc3cc(O)c(O)cc3CN2)cc1. The second kappa shape index (κ2) is 4.48. The predicted molar refractivity (Wildman–Crippen MR) is 71.2 cm³/mol. The Morgan fingerprint density at radius 3 is 2.21 bits per heavy atom. The van der Waals surface area contributed by atoms with Crippen LogP contribution in [0.1, 0.15) is 22.7 Å². The summed E-state index contributed by atoms with van der Waals surface area (Å²) < 4.78 is 0. The number of rotatable bonds is 1. The lowest BCUT2D eigenvalue weighted by Crippen LogP contribution is -2.28. The Bertz CT molecular complexity index is 608. The van der Waals surface area contributed by atoms with Gasteiger partial charge in [-0.2, -0.15) is 0 Å². The molecule has 1 unspecified atom stereocenters. The molecule has 2 aromatic carbocycles. The summed E-state index contributed by atoms with van der Waals surface area (Å²) in [6.07, 6.45) is 0.744. The van der Waals surface area contributed by atoms with Gasteiger partial charge in [0.1, 0.15) is 5.75 Å². The predicted octanol–water partition coefficient (Wildman–Crippen LogP) is 2.19. The van der Waals surface area contributed by atoms with Crippen LogP contribution in [0.3, 0.4) is 0 Å². The number of aromatic hydroxyl groups is 3. The molecule has 1 aliphatic heterocycles. The van der Waals surface area contributed by atoms with Gasteiger partial charge in [-0.05, 0) is 47.4 Å². The molecule has 4 N–H and O–H groups in total. The fourth-order valence-corrected chi connectivity index (χ4v) is 2.49. The van der Waals surface area contributed by atoms with E-state index in [2.05, 4.69) is 5.32 Å². The highest BCUT2D eigenvalue weighted by Crippen LogP contribution is 2.33. The minimum absolute atomic E-state index is 0.0786. The van der Waals surface area contributed by atoms with Crippen LogP contribution >= 0.6 is 0 Å². The molecule has 2 aromatic rings. The van der Waals surface area contributed by atoms with E-state index in [9.17, 15) is 15.3 Å². The Balaban J connectivity index is 1.89. The summed E-state index contributed by atoms with van der Waals surface area (Å²) in [4.78, 5) is 0. The quantitative estimate of drug-likeness (QED) is 0.591. The summed E-state index contributed by atoms with van der Waals surface area (Å²) in [5.74, 6) is 0.0938. The molecule has 0 aliphatic carbocycles. The second-order valence-corrected chi connectivity index (χ2v) is 4.84. The molecule has 1 aliphatic rings. The third kappa shape index (κ3) is 2.22. The van der Waals surface area contributed by atoms with Gasteiger partial charge in [-0.25, -0.2) is 0 Å². The van der Waals surface area contributed by atoms with E-state index in [1.165, 1.54) is 0 Å². The highest BCUT2D eigenvalue weighted by Gasteiger charge is 2.21.